The SMILES string of the molecule is COC(=O)C1C[C@@H](O)CN1C(=O)C(N)C(C)(C)C. The summed E-state index contributed by atoms with van der Waals surface area (Å²) in [6, 6.07) is -1.44. The van der Waals surface area contributed by atoms with E-state index in [2.05, 4.69) is 4.74 Å². The van der Waals surface area contributed by atoms with Crippen LogP contribution in [0.5, 0.6) is 0 Å². The van der Waals surface area contributed by atoms with Crippen LogP contribution in [0.1, 0.15) is 27.2 Å². The Labute approximate surface area is 107 Å². The van der Waals surface area contributed by atoms with Crippen LogP contribution in [0.15, 0.2) is 0 Å². The van der Waals surface area contributed by atoms with E-state index >= 15 is 0 Å². The Bertz CT molecular complexity index is 337. The molecular formula is C12H22N2O4. The lowest BCUT2D eigenvalue weighted by Crippen LogP contribution is -2.53. The molecule has 1 saturated heterocycles. The van der Waals surface area contributed by atoms with Gasteiger partial charge in [-0.1, -0.05) is 20.8 Å². The number of aliphatic hydroxyl groups is 1. The maximum Gasteiger partial charge on any atom is 0.328 e. The quantitative estimate of drug-likeness (QED) is 0.651. The van der Waals surface area contributed by atoms with Gasteiger partial charge in [0.2, 0.25) is 5.91 Å². The minimum absolute atomic E-state index is 0.127. The van der Waals surface area contributed by atoms with E-state index in [1.54, 1.807) is 0 Å². The van der Waals surface area contributed by atoms with Gasteiger partial charge in [0.25, 0.3) is 0 Å². The third-order valence-electron chi connectivity index (χ3n) is 3.23. The van der Waals surface area contributed by atoms with Gasteiger partial charge in [-0.15, -0.1) is 0 Å². The first-order chi connectivity index (χ1) is 8.18. The van der Waals surface area contributed by atoms with Crippen molar-refractivity contribution in [2.75, 3.05) is 13.7 Å². The number of rotatable bonds is 2. The molecule has 0 saturated carbocycles. The Balaban J connectivity index is 2.86. The maximum atomic E-state index is 12.3. The van der Waals surface area contributed by atoms with Crippen molar-refractivity contribution in [3.8, 4) is 0 Å². The van der Waals surface area contributed by atoms with Crippen molar-refractivity contribution in [3.05, 3.63) is 0 Å². The molecule has 1 rings (SSSR count). The van der Waals surface area contributed by atoms with Gasteiger partial charge < -0.3 is 20.5 Å². The van der Waals surface area contributed by atoms with Crippen LogP contribution in [-0.2, 0) is 14.3 Å². The van der Waals surface area contributed by atoms with Crippen LogP contribution in [0.3, 0.4) is 0 Å². The molecule has 1 amide bonds. The van der Waals surface area contributed by atoms with Gasteiger partial charge in [-0.05, 0) is 5.41 Å². The number of amides is 1. The Kier molecular flexibility index (Phi) is 4.34. The molecular weight excluding hydrogens is 236 g/mol. The first-order valence-corrected chi connectivity index (χ1v) is 6.00. The zero-order valence-electron chi connectivity index (χ0n) is 11.3. The Hall–Kier alpha value is -1.14. The highest BCUT2D eigenvalue weighted by atomic mass is 16.5. The summed E-state index contributed by atoms with van der Waals surface area (Å²) in [5.74, 6) is -0.838. The van der Waals surface area contributed by atoms with E-state index in [-0.39, 0.29) is 18.9 Å². The highest BCUT2D eigenvalue weighted by molar-refractivity contribution is 5.88. The van der Waals surface area contributed by atoms with Crippen molar-refractivity contribution >= 4 is 11.9 Å². The number of hydrogen-bond donors (Lipinski definition) is 2. The molecule has 0 aromatic heterocycles. The monoisotopic (exact) mass is 258 g/mol. The predicted octanol–water partition coefficient (Wildman–Crippen LogP) is -0.505. The Morgan fingerprint density at radius 1 is 1.44 bits per heavy atom. The number of likely N-dealkylation sites (tertiary alicyclic amines) is 1. The average molecular weight is 258 g/mol. The van der Waals surface area contributed by atoms with Gasteiger partial charge >= 0.3 is 5.97 Å². The normalized spacial score (nSPS) is 26.0. The van der Waals surface area contributed by atoms with Crippen molar-refractivity contribution < 1.29 is 19.4 Å². The van der Waals surface area contributed by atoms with E-state index in [0.29, 0.717) is 0 Å². The largest absolute Gasteiger partial charge is 0.467 e. The fraction of sp³-hybridized carbons (Fsp3) is 0.833. The van der Waals surface area contributed by atoms with Crippen LogP contribution in [0.4, 0.5) is 0 Å². The van der Waals surface area contributed by atoms with Crippen LogP contribution in [0, 0.1) is 5.41 Å². The molecule has 0 aromatic rings. The van der Waals surface area contributed by atoms with E-state index in [4.69, 9.17) is 5.73 Å². The molecule has 0 spiro atoms. The number of methoxy groups -OCH3 is 1. The molecule has 18 heavy (non-hydrogen) atoms. The molecule has 0 aromatic carbocycles. The molecule has 104 valence electrons. The number of carbonyl (C=O) groups excluding carboxylic acids is 2. The summed E-state index contributed by atoms with van der Waals surface area (Å²) in [6.45, 7) is 5.70. The lowest BCUT2D eigenvalue weighted by molar-refractivity contribution is -0.152. The van der Waals surface area contributed by atoms with Crippen molar-refractivity contribution in [2.45, 2.75) is 45.4 Å². The van der Waals surface area contributed by atoms with E-state index in [9.17, 15) is 14.7 Å². The third-order valence-corrected chi connectivity index (χ3v) is 3.23. The number of ether oxygens (including phenoxy) is 1. The summed E-state index contributed by atoms with van der Waals surface area (Å²) < 4.78 is 4.64. The number of aliphatic hydroxyl groups excluding tert-OH is 1. The number of hydrogen-bond acceptors (Lipinski definition) is 5. The lowest BCUT2D eigenvalue weighted by atomic mass is 9.86. The van der Waals surface area contributed by atoms with Crippen molar-refractivity contribution in [2.24, 2.45) is 11.1 Å². The number of carbonyl (C=O) groups is 2. The number of nitrogens with two attached hydrogens (primary N) is 1. The molecule has 1 heterocycles. The van der Waals surface area contributed by atoms with Gasteiger partial charge in [0.15, 0.2) is 0 Å². The van der Waals surface area contributed by atoms with Crippen molar-refractivity contribution in [1.29, 1.82) is 0 Å². The van der Waals surface area contributed by atoms with Gasteiger partial charge in [-0.3, -0.25) is 4.79 Å². The first-order valence-electron chi connectivity index (χ1n) is 6.00. The number of β-amino-alcohol motifs (C(OH)–C–C–N with tert-alkyl or cyclic N) is 1. The summed E-state index contributed by atoms with van der Waals surface area (Å²) in [5, 5.41) is 9.61. The summed E-state index contributed by atoms with van der Waals surface area (Å²) >= 11 is 0. The highest BCUT2D eigenvalue weighted by Crippen LogP contribution is 2.25. The molecule has 0 radical (unpaired) electrons. The zero-order chi connectivity index (χ0) is 14.1. The minimum atomic E-state index is -0.731. The average Bonchev–Trinajstić information content (AvgIpc) is 2.67. The molecule has 1 aliphatic heterocycles. The molecule has 6 heteroatoms. The van der Waals surface area contributed by atoms with E-state index in [1.807, 2.05) is 20.8 Å². The predicted molar refractivity (Wildman–Crippen MR) is 65.6 cm³/mol. The minimum Gasteiger partial charge on any atom is -0.467 e. The zero-order valence-corrected chi connectivity index (χ0v) is 11.3. The van der Waals surface area contributed by atoms with Crippen LogP contribution in [-0.4, -0.2) is 53.7 Å². The molecule has 0 bridgehead atoms. The maximum absolute atomic E-state index is 12.3. The second-order valence-electron chi connectivity index (χ2n) is 5.76. The summed E-state index contributed by atoms with van der Waals surface area (Å²) in [6.07, 6.45) is -0.500. The van der Waals surface area contributed by atoms with Gasteiger partial charge in [0.1, 0.15) is 6.04 Å². The van der Waals surface area contributed by atoms with E-state index in [1.165, 1.54) is 12.0 Å². The molecule has 2 unspecified atom stereocenters. The van der Waals surface area contributed by atoms with Crippen LogP contribution < -0.4 is 5.73 Å². The second kappa shape index (κ2) is 5.24. The van der Waals surface area contributed by atoms with Crippen molar-refractivity contribution in [3.63, 3.8) is 0 Å². The van der Waals surface area contributed by atoms with Crippen LogP contribution >= 0.6 is 0 Å². The molecule has 1 fully saturated rings. The third kappa shape index (κ3) is 3.00. The smallest absolute Gasteiger partial charge is 0.328 e. The molecule has 3 N–H and O–H groups in total. The fourth-order valence-electron chi connectivity index (χ4n) is 1.97. The molecule has 3 atom stereocenters. The van der Waals surface area contributed by atoms with Gasteiger partial charge in [-0.2, -0.15) is 0 Å². The summed E-state index contributed by atoms with van der Waals surface area (Å²) in [7, 11) is 1.26. The van der Waals surface area contributed by atoms with Gasteiger partial charge in [0.05, 0.1) is 19.3 Å². The van der Waals surface area contributed by atoms with Crippen LogP contribution in [0.2, 0.25) is 0 Å². The van der Waals surface area contributed by atoms with E-state index in [0.717, 1.165) is 0 Å². The molecule has 6 nitrogen and oxygen atoms in total. The van der Waals surface area contributed by atoms with E-state index < -0.39 is 29.6 Å². The number of nitrogens with zero attached hydrogens (tertiary/aromatic N) is 1. The van der Waals surface area contributed by atoms with Gasteiger partial charge in [0, 0.05) is 13.0 Å². The highest BCUT2D eigenvalue weighted by Gasteiger charge is 2.43. The summed E-state index contributed by atoms with van der Waals surface area (Å²) in [4.78, 5) is 25.2. The first kappa shape index (κ1) is 14.9. The van der Waals surface area contributed by atoms with Gasteiger partial charge in [-0.25, -0.2) is 4.79 Å². The Morgan fingerprint density at radius 3 is 2.44 bits per heavy atom. The lowest BCUT2D eigenvalue weighted by Gasteiger charge is -2.31. The standard InChI is InChI=1S/C12H22N2O4/c1-12(2,3)9(13)10(16)14-6-7(15)5-8(14)11(17)18-4/h7-9,15H,5-6,13H2,1-4H3/t7-,8?,9?/m1/s1. The van der Waals surface area contributed by atoms with Crippen molar-refractivity contribution in [1.82, 2.24) is 4.90 Å². The summed E-state index contributed by atoms with van der Waals surface area (Å²) in [5.41, 5.74) is 5.50. The topological polar surface area (TPSA) is 92.9 Å². The van der Waals surface area contributed by atoms with Crippen LogP contribution in [0.25, 0.3) is 0 Å². The fourth-order valence-corrected chi connectivity index (χ4v) is 1.97. The molecule has 1 aliphatic rings. The number of esters is 1. The Morgan fingerprint density at radius 2 is 2.00 bits per heavy atom. The second-order valence-corrected chi connectivity index (χ2v) is 5.76. The molecule has 0 aliphatic carbocycles.